The van der Waals surface area contributed by atoms with E-state index in [9.17, 15) is 38.8 Å². The second kappa shape index (κ2) is 23.9. The molecule has 4 aliphatic heterocycles. The minimum atomic E-state index is -2.44. The highest BCUT2D eigenvalue weighted by Gasteiger charge is 2.57. The quantitative estimate of drug-likeness (QED) is 0.122. The Kier molecular flexibility index (Phi) is 19.4. The molecule has 2 N–H and O–H groups in total. The number of ether oxygens (including phenoxy) is 5. The summed E-state index contributed by atoms with van der Waals surface area (Å²) in [6.45, 7) is 12.6. The minimum Gasteiger partial charge on any atom is -0.460 e. The van der Waals surface area contributed by atoms with Crippen molar-refractivity contribution in [2.45, 2.75) is 166 Å². The van der Waals surface area contributed by atoms with Gasteiger partial charge < -0.3 is 38.8 Å². The maximum Gasteiger partial charge on any atom is 0.341 e. The van der Waals surface area contributed by atoms with E-state index in [2.05, 4.69) is 0 Å². The van der Waals surface area contributed by atoms with E-state index in [-0.39, 0.29) is 54.0 Å². The van der Waals surface area contributed by atoms with Crippen LogP contribution in [0.15, 0.2) is 47.6 Å². The molecule has 5 rings (SSSR count). The average Bonchev–Trinajstić information content (AvgIpc) is 3.29. The molecule has 1 aliphatic carbocycles. The zero-order valence-corrected chi connectivity index (χ0v) is 41.8. The summed E-state index contributed by atoms with van der Waals surface area (Å²) < 4.78 is 42.4. The van der Waals surface area contributed by atoms with E-state index in [0.717, 1.165) is 12.0 Å². The van der Waals surface area contributed by atoms with Crippen molar-refractivity contribution in [1.82, 2.24) is 4.90 Å². The number of aliphatic hydroxyl groups excluding tert-OH is 1. The SMILES string of the molecule is CO[C@H]1C[C@@H]2CC[C@@H](C)[C@@](O)(O2)C(=O)C(=O)N2CCC[C@@H]3C(C[C@@H]4CC[C@@H]([P+](C)=O)[C@H](OC)C4)[C@H](CC(=O)[C@H](C)/C=C(\C)[C@@H](O)[C@@H](OC)C(=O)[C@H](C)C[C@H](C)/C=C/C=C/C=C1C)OC(=O)[C@H]32. The molecule has 4 heterocycles. The third kappa shape index (κ3) is 12.5. The first-order valence-electron chi connectivity index (χ1n) is 24.1. The van der Waals surface area contributed by atoms with Gasteiger partial charge >= 0.3 is 13.8 Å². The van der Waals surface area contributed by atoms with E-state index >= 15 is 0 Å². The van der Waals surface area contributed by atoms with Gasteiger partial charge in [0.05, 0.1) is 12.2 Å². The van der Waals surface area contributed by atoms with Crippen molar-refractivity contribution in [2.24, 2.45) is 41.4 Å². The van der Waals surface area contributed by atoms with E-state index in [4.69, 9.17) is 23.7 Å². The number of methoxy groups -OCH3 is 3. The average molecular weight is 943 g/mol. The molecule has 0 spiro atoms. The summed E-state index contributed by atoms with van der Waals surface area (Å²) in [6.07, 6.45) is 11.9. The van der Waals surface area contributed by atoms with Crippen molar-refractivity contribution in [3.63, 3.8) is 0 Å². The molecule has 3 saturated heterocycles. The highest BCUT2D eigenvalue weighted by molar-refractivity contribution is 7.44. The zero-order chi connectivity index (χ0) is 48.6. The van der Waals surface area contributed by atoms with Gasteiger partial charge in [-0.25, -0.2) is 4.79 Å². The second-order valence-electron chi connectivity index (χ2n) is 20.1. The van der Waals surface area contributed by atoms with Crippen molar-refractivity contribution in [3.05, 3.63) is 47.6 Å². The van der Waals surface area contributed by atoms with Crippen LogP contribution in [-0.2, 0) is 52.2 Å². The lowest BCUT2D eigenvalue weighted by atomic mass is 9.68. The van der Waals surface area contributed by atoms with Gasteiger partial charge in [0.2, 0.25) is 5.79 Å². The molecule has 66 heavy (non-hydrogen) atoms. The number of hydrogen-bond donors (Lipinski definition) is 2. The van der Waals surface area contributed by atoms with Crippen LogP contribution in [0.1, 0.15) is 112 Å². The van der Waals surface area contributed by atoms with Gasteiger partial charge in [0.1, 0.15) is 42.9 Å². The van der Waals surface area contributed by atoms with E-state index in [0.29, 0.717) is 63.4 Å². The molecule has 0 aromatic carbocycles. The topological polar surface area (TPSA) is 192 Å². The Hall–Kier alpha value is -3.23. The van der Waals surface area contributed by atoms with Crippen LogP contribution in [0.4, 0.5) is 0 Å². The number of hydrogen-bond acceptors (Lipinski definition) is 13. The first-order chi connectivity index (χ1) is 31.2. The van der Waals surface area contributed by atoms with Crippen molar-refractivity contribution in [3.8, 4) is 0 Å². The van der Waals surface area contributed by atoms with Crippen LogP contribution in [0.3, 0.4) is 0 Å². The molecule has 0 radical (unpaired) electrons. The molecule has 1 amide bonds. The number of fused-ring (bicyclic) bond motifs is 4. The standard InChI is InChI=1S/C51H77NO13P/c1-29-15-12-11-13-16-30(2)40(61-7)27-36-20-18-34(6)51(59,65-36)48(56)49(57)52-22-14-17-37-38(25-35-19-21-43(66(10)60)42(26-35)62-8)41(64-50(58)44(37)52)28-39(53)31(3)24-33(5)46(55)47(63-9)45(54)32(4)23-29/h11-13,15-16,24,29,31-32,34-38,40-44,46-47,55,59H,14,17-23,25-28H2,1-10H3/q+1/b13-11+,15-12+,30-16?,33-24+/t29-,31-,32-,34-,35+,36+,37-,38?,40+,41+,42-,43-,44+,46-,47+,51-/m1/s1. The first kappa shape index (κ1) is 53.7. The van der Waals surface area contributed by atoms with Crippen molar-refractivity contribution in [1.29, 1.82) is 0 Å². The minimum absolute atomic E-state index is 0.0209. The van der Waals surface area contributed by atoms with Crippen LogP contribution in [0.2, 0.25) is 0 Å². The van der Waals surface area contributed by atoms with E-state index in [1.807, 2.05) is 51.2 Å². The zero-order valence-electron chi connectivity index (χ0n) is 40.9. The number of nitrogens with zero attached hydrogens (tertiary/aromatic N) is 1. The molecule has 17 atom stereocenters. The number of carbonyl (C=O) groups excluding carboxylic acids is 5. The Bertz CT molecular complexity index is 1890. The summed E-state index contributed by atoms with van der Waals surface area (Å²) in [7, 11) is 3.10. The second-order valence-corrected chi connectivity index (χ2v) is 21.8. The van der Waals surface area contributed by atoms with Crippen LogP contribution in [0.25, 0.3) is 0 Å². The van der Waals surface area contributed by atoms with Gasteiger partial charge in [0, 0.05) is 64.4 Å². The number of esters is 1. The normalized spacial score (nSPS) is 41.6. The molecule has 0 aromatic heterocycles. The highest BCUT2D eigenvalue weighted by Crippen LogP contribution is 2.47. The third-order valence-corrected chi connectivity index (χ3v) is 16.9. The summed E-state index contributed by atoms with van der Waals surface area (Å²) in [5.41, 5.74) is 1.19. The maximum absolute atomic E-state index is 14.5. The predicted molar refractivity (Wildman–Crippen MR) is 250 cm³/mol. The molecule has 15 heteroatoms. The van der Waals surface area contributed by atoms with Gasteiger partial charge in [-0.1, -0.05) is 68.7 Å². The largest absolute Gasteiger partial charge is 0.460 e. The van der Waals surface area contributed by atoms with Crippen LogP contribution in [-0.4, -0.2) is 133 Å². The number of piperidine rings is 1. The molecule has 0 aromatic rings. The van der Waals surface area contributed by atoms with Crippen LogP contribution < -0.4 is 0 Å². The van der Waals surface area contributed by atoms with Crippen LogP contribution in [0, 0.1) is 41.4 Å². The van der Waals surface area contributed by atoms with Gasteiger partial charge in [-0.2, -0.15) is 0 Å². The molecule has 2 unspecified atom stereocenters. The summed E-state index contributed by atoms with van der Waals surface area (Å²) in [5, 5.41) is 23.5. The molecular formula is C51H77NO13P+. The van der Waals surface area contributed by atoms with Gasteiger partial charge in [-0.05, 0) is 101 Å². The monoisotopic (exact) mass is 943 g/mol. The lowest BCUT2D eigenvalue weighted by Gasteiger charge is -2.50. The number of allylic oxidation sites excluding steroid dienone is 6. The highest BCUT2D eigenvalue weighted by atomic mass is 31.1. The number of carbonyl (C=O) groups is 5. The molecule has 368 valence electrons. The smallest absolute Gasteiger partial charge is 0.341 e. The molecule has 1 saturated carbocycles. The fourth-order valence-electron chi connectivity index (χ4n) is 11.3. The van der Waals surface area contributed by atoms with Crippen molar-refractivity contribution in [2.75, 3.05) is 34.5 Å². The van der Waals surface area contributed by atoms with Gasteiger partial charge in [0.15, 0.2) is 11.4 Å². The lowest BCUT2D eigenvalue weighted by Crippen LogP contribution is -2.65. The van der Waals surface area contributed by atoms with Gasteiger partial charge in [-0.3, -0.25) is 19.2 Å². The predicted octanol–water partition coefficient (Wildman–Crippen LogP) is 6.87. The first-order valence-corrected chi connectivity index (χ1v) is 25.9. The Labute approximate surface area is 393 Å². The Balaban J connectivity index is 1.51. The summed E-state index contributed by atoms with van der Waals surface area (Å²) in [6, 6.07) is -1.13. The number of amides is 1. The summed E-state index contributed by atoms with van der Waals surface area (Å²) in [4.78, 5) is 72.4. The van der Waals surface area contributed by atoms with Crippen molar-refractivity contribution >= 4 is 37.0 Å². The summed E-state index contributed by atoms with van der Waals surface area (Å²) >= 11 is 0. The van der Waals surface area contributed by atoms with Crippen LogP contribution in [0.5, 0.6) is 0 Å². The fraction of sp³-hybridized carbons (Fsp3) is 0.745. The molecule has 4 bridgehead atoms. The fourth-order valence-corrected chi connectivity index (χ4v) is 12.6. The van der Waals surface area contributed by atoms with Crippen LogP contribution >= 0.6 is 7.80 Å². The number of aliphatic hydroxyl groups is 2. The third-order valence-electron chi connectivity index (χ3n) is 15.4. The lowest BCUT2D eigenvalue weighted by molar-refractivity contribution is -0.266. The maximum atomic E-state index is 14.5. The van der Waals surface area contributed by atoms with E-state index in [1.54, 1.807) is 47.7 Å². The van der Waals surface area contributed by atoms with Gasteiger partial charge in [0.25, 0.3) is 11.7 Å². The molecule has 4 fully saturated rings. The number of rotatable bonds is 6. The van der Waals surface area contributed by atoms with E-state index in [1.165, 1.54) is 12.0 Å². The van der Waals surface area contributed by atoms with Gasteiger partial charge in [-0.15, -0.1) is 0 Å². The molecule has 14 nitrogen and oxygen atoms in total. The molecular weight excluding hydrogens is 866 g/mol. The molecule has 5 aliphatic rings. The van der Waals surface area contributed by atoms with E-state index < -0.39 is 91.5 Å². The number of ketones is 3. The Morgan fingerprint density at radius 3 is 2.27 bits per heavy atom. The Morgan fingerprint density at radius 1 is 0.879 bits per heavy atom. The number of Topliss-reactive ketones (excluding diaryl/α,β-unsaturated/α-hetero) is 3. The van der Waals surface area contributed by atoms with Crippen molar-refractivity contribution < 1.29 is 62.4 Å². The summed E-state index contributed by atoms with van der Waals surface area (Å²) in [5.74, 6) is -8.42. The Morgan fingerprint density at radius 2 is 1.61 bits per heavy atom.